The Bertz CT molecular complexity index is 264. The smallest absolute Gasteiger partial charge is 0.292 e. The van der Waals surface area contributed by atoms with Crippen molar-refractivity contribution < 1.29 is 19.4 Å². The molecule has 5 nitrogen and oxygen atoms in total. The zero-order valence-electron chi connectivity index (χ0n) is 7.81. The van der Waals surface area contributed by atoms with Crippen LogP contribution < -0.4 is 0 Å². The zero-order chi connectivity index (χ0) is 9.97. The molecular formula is C9H13NO4. The van der Waals surface area contributed by atoms with E-state index in [1.807, 2.05) is 0 Å². The number of amides is 1. The second-order valence-electron chi connectivity index (χ2n) is 3.40. The molecule has 0 unspecified atom stereocenters. The topological polar surface area (TPSA) is 59.0 Å². The summed E-state index contributed by atoms with van der Waals surface area (Å²) in [6, 6.07) is 0. The number of β-amino-alcohol motifs (C(OH)–C–C–N with tert-alkyl or cyclic N) is 1. The van der Waals surface area contributed by atoms with Gasteiger partial charge in [-0.2, -0.15) is 0 Å². The van der Waals surface area contributed by atoms with Gasteiger partial charge in [-0.3, -0.25) is 4.79 Å². The van der Waals surface area contributed by atoms with Crippen molar-refractivity contribution in [1.82, 2.24) is 4.90 Å². The maximum absolute atomic E-state index is 11.7. The zero-order valence-corrected chi connectivity index (χ0v) is 7.81. The molecule has 2 aliphatic rings. The Morgan fingerprint density at radius 3 is 3.00 bits per heavy atom. The lowest BCUT2D eigenvalue weighted by Crippen LogP contribution is -2.32. The summed E-state index contributed by atoms with van der Waals surface area (Å²) >= 11 is 0. The van der Waals surface area contributed by atoms with Crippen LogP contribution in [-0.4, -0.2) is 48.3 Å². The molecule has 5 heteroatoms. The number of aliphatic hydroxyl groups is 1. The third kappa shape index (κ3) is 1.82. The number of rotatable bonds is 1. The van der Waals surface area contributed by atoms with Gasteiger partial charge in [0.25, 0.3) is 5.91 Å². The van der Waals surface area contributed by atoms with Gasteiger partial charge in [-0.1, -0.05) is 0 Å². The van der Waals surface area contributed by atoms with Crippen molar-refractivity contribution in [2.24, 2.45) is 0 Å². The standard InChI is InChI=1S/C9H13NO4/c11-7-1-2-10(5-7)9(12)8-6-13-3-4-14-8/h6-7,11H,1-5H2/t7-/m0/s1. The SMILES string of the molecule is O=C(C1=COCCO1)N1CC[C@H](O)C1. The highest BCUT2D eigenvalue weighted by molar-refractivity contribution is 5.91. The van der Waals surface area contributed by atoms with Gasteiger partial charge in [0, 0.05) is 13.1 Å². The number of likely N-dealkylation sites (tertiary alicyclic amines) is 1. The first-order chi connectivity index (χ1) is 6.77. The molecule has 1 N–H and O–H groups in total. The summed E-state index contributed by atoms with van der Waals surface area (Å²) in [5.41, 5.74) is 0. The molecule has 0 aliphatic carbocycles. The minimum atomic E-state index is -0.399. The summed E-state index contributed by atoms with van der Waals surface area (Å²) in [4.78, 5) is 13.3. The van der Waals surface area contributed by atoms with E-state index in [0.29, 0.717) is 32.7 Å². The van der Waals surface area contributed by atoms with Crippen molar-refractivity contribution in [3.8, 4) is 0 Å². The minimum Gasteiger partial charge on any atom is -0.494 e. The fourth-order valence-corrected chi connectivity index (χ4v) is 1.56. The predicted octanol–water partition coefficient (Wildman–Crippen LogP) is -0.532. The average molecular weight is 199 g/mol. The van der Waals surface area contributed by atoms with E-state index >= 15 is 0 Å². The van der Waals surface area contributed by atoms with E-state index in [0.717, 1.165) is 0 Å². The second-order valence-corrected chi connectivity index (χ2v) is 3.40. The summed E-state index contributed by atoms with van der Waals surface area (Å²) in [6.45, 7) is 1.87. The third-order valence-corrected chi connectivity index (χ3v) is 2.31. The van der Waals surface area contributed by atoms with E-state index in [9.17, 15) is 9.90 Å². The van der Waals surface area contributed by atoms with Gasteiger partial charge in [0.2, 0.25) is 5.76 Å². The fourth-order valence-electron chi connectivity index (χ4n) is 1.56. The molecule has 0 spiro atoms. The molecule has 0 radical (unpaired) electrons. The Morgan fingerprint density at radius 1 is 1.57 bits per heavy atom. The Balaban J connectivity index is 1.97. The van der Waals surface area contributed by atoms with Crippen molar-refractivity contribution in [3.05, 3.63) is 12.0 Å². The highest BCUT2D eigenvalue weighted by atomic mass is 16.6. The van der Waals surface area contributed by atoms with Crippen LogP contribution in [0.4, 0.5) is 0 Å². The van der Waals surface area contributed by atoms with Gasteiger partial charge in [0.05, 0.1) is 6.10 Å². The van der Waals surface area contributed by atoms with Crippen molar-refractivity contribution >= 4 is 5.91 Å². The van der Waals surface area contributed by atoms with Gasteiger partial charge in [0.15, 0.2) is 0 Å². The van der Waals surface area contributed by atoms with Crippen molar-refractivity contribution in [2.45, 2.75) is 12.5 Å². The molecular weight excluding hydrogens is 186 g/mol. The maximum atomic E-state index is 11.7. The van der Waals surface area contributed by atoms with Crippen molar-refractivity contribution in [3.63, 3.8) is 0 Å². The Morgan fingerprint density at radius 2 is 2.43 bits per heavy atom. The lowest BCUT2D eigenvalue weighted by Gasteiger charge is -2.20. The van der Waals surface area contributed by atoms with E-state index in [1.165, 1.54) is 6.26 Å². The number of aliphatic hydroxyl groups excluding tert-OH is 1. The Labute approximate surface area is 81.9 Å². The van der Waals surface area contributed by atoms with Crippen molar-refractivity contribution in [2.75, 3.05) is 26.3 Å². The molecule has 1 saturated heterocycles. The first-order valence-corrected chi connectivity index (χ1v) is 4.69. The normalized spacial score (nSPS) is 26.5. The first kappa shape index (κ1) is 9.33. The van der Waals surface area contributed by atoms with Crippen LogP contribution in [0.2, 0.25) is 0 Å². The van der Waals surface area contributed by atoms with Crippen LogP contribution in [0.3, 0.4) is 0 Å². The van der Waals surface area contributed by atoms with Crippen molar-refractivity contribution in [1.29, 1.82) is 0 Å². The third-order valence-electron chi connectivity index (χ3n) is 2.31. The molecule has 0 aromatic heterocycles. The number of hydrogen-bond donors (Lipinski definition) is 1. The van der Waals surface area contributed by atoms with E-state index in [1.54, 1.807) is 4.90 Å². The molecule has 2 rings (SSSR count). The maximum Gasteiger partial charge on any atom is 0.292 e. The number of ether oxygens (including phenoxy) is 2. The van der Waals surface area contributed by atoms with Crippen LogP contribution in [0.15, 0.2) is 12.0 Å². The van der Waals surface area contributed by atoms with E-state index in [-0.39, 0.29) is 11.7 Å². The summed E-state index contributed by atoms with van der Waals surface area (Å²) in [5.74, 6) is 0.0478. The minimum absolute atomic E-state index is 0.193. The number of nitrogens with zero attached hydrogens (tertiary/aromatic N) is 1. The molecule has 0 bridgehead atoms. The highest BCUT2D eigenvalue weighted by Crippen LogP contribution is 2.14. The number of carbonyl (C=O) groups excluding carboxylic acids is 1. The quantitative estimate of drug-likeness (QED) is 0.616. The van der Waals surface area contributed by atoms with E-state index < -0.39 is 6.10 Å². The molecule has 0 aromatic carbocycles. The Kier molecular flexibility index (Phi) is 2.58. The molecule has 2 heterocycles. The second kappa shape index (κ2) is 3.88. The first-order valence-electron chi connectivity index (χ1n) is 4.69. The van der Waals surface area contributed by atoms with Gasteiger partial charge in [0.1, 0.15) is 19.5 Å². The molecule has 0 aromatic rings. The van der Waals surface area contributed by atoms with Gasteiger partial charge in [-0.15, -0.1) is 0 Å². The molecule has 1 amide bonds. The van der Waals surface area contributed by atoms with Crippen LogP contribution in [0.25, 0.3) is 0 Å². The summed E-state index contributed by atoms with van der Waals surface area (Å²) in [6.07, 6.45) is 1.58. The highest BCUT2D eigenvalue weighted by Gasteiger charge is 2.28. The van der Waals surface area contributed by atoms with E-state index in [2.05, 4.69) is 0 Å². The van der Waals surface area contributed by atoms with Crippen LogP contribution >= 0.6 is 0 Å². The molecule has 14 heavy (non-hydrogen) atoms. The Hall–Kier alpha value is -1.23. The largest absolute Gasteiger partial charge is 0.494 e. The van der Waals surface area contributed by atoms with Gasteiger partial charge in [-0.05, 0) is 6.42 Å². The number of hydrogen-bond acceptors (Lipinski definition) is 4. The monoisotopic (exact) mass is 199 g/mol. The van der Waals surface area contributed by atoms with Crippen LogP contribution in [0.5, 0.6) is 0 Å². The summed E-state index contributed by atoms with van der Waals surface area (Å²) in [7, 11) is 0. The van der Waals surface area contributed by atoms with Crippen LogP contribution in [0.1, 0.15) is 6.42 Å². The molecule has 1 atom stereocenters. The molecule has 1 fully saturated rings. The predicted molar refractivity (Wildman–Crippen MR) is 47.2 cm³/mol. The summed E-state index contributed by atoms with van der Waals surface area (Å²) in [5, 5.41) is 9.26. The molecule has 78 valence electrons. The fraction of sp³-hybridized carbons (Fsp3) is 0.667. The van der Waals surface area contributed by atoms with Gasteiger partial charge >= 0.3 is 0 Å². The van der Waals surface area contributed by atoms with Gasteiger partial charge < -0.3 is 19.5 Å². The molecule has 2 aliphatic heterocycles. The lowest BCUT2D eigenvalue weighted by atomic mass is 10.3. The molecule has 0 saturated carbocycles. The van der Waals surface area contributed by atoms with E-state index in [4.69, 9.17) is 9.47 Å². The lowest BCUT2D eigenvalue weighted by molar-refractivity contribution is -0.131. The average Bonchev–Trinajstić information content (AvgIpc) is 2.65. The van der Waals surface area contributed by atoms with Crippen LogP contribution in [0, 0.1) is 0 Å². The van der Waals surface area contributed by atoms with Crippen LogP contribution in [-0.2, 0) is 14.3 Å². The summed E-state index contributed by atoms with van der Waals surface area (Å²) < 4.78 is 10.1. The van der Waals surface area contributed by atoms with Gasteiger partial charge in [-0.25, -0.2) is 0 Å². The number of carbonyl (C=O) groups is 1.